The molecule has 1 aliphatic heterocycles. The zero-order chi connectivity index (χ0) is 20.1. The normalized spacial score (nSPS) is 14.3. The largest absolute Gasteiger partial charge is 0.372 e. The number of carbonyl (C=O) groups is 1. The molecule has 28 heavy (non-hydrogen) atoms. The molecular formula is C23H30FN3O. The summed E-state index contributed by atoms with van der Waals surface area (Å²) in [7, 11) is 0. The molecule has 3 rings (SSSR count). The minimum atomic E-state index is -0.271. The quantitative estimate of drug-likeness (QED) is 0.758. The maximum absolute atomic E-state index is 13.0. The molecule has 0 saturated carbocycles. The highest BCUT2D eigenvalue weighted by atomic mass is 19.1. The molecule has 0 spiro atoms. The molecule has 0 radical (unpaired) electrons. The number of hydrogen-bond acceptors (Lipinski definition) is 3. The van der Waals surface area contributed by atoms with Crippen molar-refractivity contribution >= 4 is 17.3 Å². The van der Waals surface area contributed by atoms with E-state index >= 15 is 0 Å². The molecule has 0 atom stereocenters. The monoisotopic (exact) mass is 383 g/mol. The summed E-state index contributed by atoms with van der Waals surface area (Å²) in [6.45, 7) is 11.6. The van der Waals surface area contributed by atoms with E-state index in [9.17, 15) is 9.18 Å². The van der Waals surface area contributed by atoms with E-state index in [2.05, 4.69) is 48.8 Å². The Morgan fingerprint density at radius 3 is 2.21 bits per heavy atom. The lowest BCUT2D eigenvalue weighted by atomic mass is 10.1. The minimum absolute atomic E-state index is 0.111. The molecule has 0 aliphatic carbocycles. The van der Waals surface area contributed by atoms with Crippen molar-refractivity contribution in [3.8, 4) is 0 Å². The predicted octanol–water partition coefficient (Wildman–Crippen LogP) is 3.87. The summed E-state index contributed by atoms with van der Waals surface area (Å²) in [5.41, 5.74) is 4.65. The van der Waals surface area contributed by atoms with Crippen LogP contribution >= 0.6 is 0 Å². The highest BCUT2D eigenvalue weighted by Crippen LogP contribution is 2.26. The zero-order valence-electron chi connectivity index (χ0n) is 17.1. The third-order valence-electron chi connectivity index (χ3n) is 5.55. The van der Waals surface area contributed by atoms with Crippen LogP contribution in [0.1, 0.15) is 25.0 Å². The molecule has 0 aromatic heterocycles. The Morgan fingerprint density at radius 2 is 1.64 bits per heavy atom. The second kappa shape index (κ2) is 9.09. The van der Waals surface area contributed by atoms with Gasteiger partial charge in [0.2, 0.25) is 5.91 Å². The first-order chi connectivity index (χ1) is 13.5. The summed E-state index contributed by atoms with van der Waals surface area (Å²) < 4.78 is 13.0. The van der Waals surface area contributed by atoms with Gasteiger partial charge in [0, 0.05) is 50.6 Å². The molecule has 1 aliphatic rings. The zero-order valence-corrected chi connectivity index (χ0v) is 17.1. The van der Waals surface area contributed by atoms with Crippen LogP contribution in [0.2, 0.25) is 0 Å². The van der Waals surface area contributed by atoms with Crippen molar-refractivity contribution in [3.05, 3.63) is 59.4 Å². The van der Waals surface area contributed by atoms with Gasteiger partial charge in [0.25, 0.3) is 0 Å². The number of carbonyl (C=O) groups excluding carboxylic acids is 1. The molecule has 1 fully saturated rings. The standard InChI is InChI=1S/C23H30FN3O/c1-4-25(5-2)21-10-11-22(18(3)16-21)26-12-14-27(15-13-26)23(28)17-19-6-8-20(24)9-7-19/h6-11,16H,4-5,12-15,17H2,1-3H3. The molecule has 1 amide bonds. The van der Waals surface area contributed by atoms with E-state index in [1.807, 2.05) is 4.90 Å². The van der Waals surface area contributed by atoms with Crippen LogP contribution in [0.5, 0.6) is 0 Å². The van der Waals surface area contributed by atoms with Crippen molar-refractivity contribution in [3.63, 3.8) is 0 Å². The summed E-state index contributed by atoms with van der Waals surface area (Å²) in [5, 5.41) is 0. The number of aryl methyl sites for hydroxylation is 1. The molecule has 1 heterocycles. The van der Waals surface area contributed by atoms with E-state index in [0.717, 1.165) is 44.8 Å². The van der Waals surface area contributed by atoms with Gasteiger partial charge in [-0.05, 0) is 62.2 Å². The number of anilines is 2. The van der Waals surface area contributed by atoms with E-state index in [0.29, 0.717) is 6.42 Å². The van der Waals surface area contributed by atoms with Gasteiger partial charge >= 0.3 is 0 Å². The second-order valence-electron chi connectivity index (χ2n) is 7.31. The van der Waals surface area contributed by atoms with Gasteiger partial charge < -0.3 is 14.7 Å². The fourth-order valence-corrected chi connectivity index (χ4v) is 3.87. The van der Waals surface area contributed by atoms with E-state index < -0.39 is 0 Å². The first-order valence-electron chi connectivity index (χ1n) is 10.1. The summed E-state index contributed by atoms with van der Waals surface area (Å²) in [4.78, 5) is 19.2. The molecular weight excluding hydrogens is 353 g/mol. The van der Waals surface area contributed by atoms with Crippen LogP contribution in [0.15, 0.2) is 42.5 Å². The van der Waals surface area contributed by atoms with Gasteiger partial charge in [0.1, 0.15) is 5.82 Å². The Hall–Kier alpha value is -2.56. The summed E-state index contributed by atoms with van der Waals surface area (Å²) in [6.07, 6.45) is 0.331. The average Bonchev–Trinajstić information content (AvgIpc) is 2.71. The maximum atomic E-state index is 13.0. The molecule has 5 heteroatoms. The van der Waals surface area contributed by atoms with Crippen LogP contribution in [0, 0.1) is 12.7 Å². The Labute approximate surface area is 167 Å². The minimum Gasteiger partial charge on any atom is -0.372 e. The van der Waals surface area contributed by atoms with Gasteiger partial charge in [0.05, 0.1) is 6.42 Å². The van der Waals surface area contributed by atoms with E-state index in [4.69, 9.17) is 0 Å². The number of hydrogen-bond donors (Lipinski definition) is 0. The van der Waals surface area contributed by atoms with Crippen LogP contribution in [-0.4, -0.2) is 50.1 Å². The number of amides is 1. The Kier molecular flexibility index (Phi) is 6.55. The molecule has 0 N–H and O–H groups in total. The third-order valence-corrected chi connectivity index (χ3v) is 5.55. The van der Waals surface area contributed by atoms with Gasteiger partial charge in [0.15, 0.2) is 0 Å². The summed E-state index contributed by atoms with van der Waals surface area (Å²) >= 11 is 0. The van der Waals surface area contributed by atoms with Crippen LogP contribution in [0.4, 0.5) is 15.8 Å². The number of rotatable bonds is 6. The Bertz CT molecular complexity index is 794. The SMILES string of the molecule is CCN(CC)c1ccc(N2CCN(C(=O)Cc3ccc(F)cc3)CC2)c(C)c1. The van der Waals surface area contributed by atoms with Gasteiger partial charge in [-0.2, -0.15) is 0 Å². The topological polar surface area (TPSA) is 26.8 Å². The fourth-order valence-electron chi connectivity index (χ4n) is 3.87. The van der Waals surface area contributed by atoms with Gasteiger partial charge in [-0.15, -0.1) is 0 Å². The smallest absolute Gasteiger partial charge is 0.227 e. The van der Waals surface area contributed by atoms with Crippen molar-refractivity contribution in [2.24, 2.45) is 0 Å². The van der Waals surface area contributed by atoms with Crippen molar-refractivity contribution in [1.82, 2.24) is 4.90 Å². The predicted molar refractivity (Wildman–Crippen MR) is 114 cm³/mol. The first-order valence-corrected chi connectivity index (χ1v) is 10.1. The van der Waals surface area contributed by atoms with E-state index in [1.165, 1.54) is 29.1 Å². The van der Waals surface area contributed by atoms with Gasteiger partial charge in [-0.3, -0.25) is 4.79 Å². The first kappa shape index (κ1) is 20.2. The Morgan fingerprint density at radius 1 is 1.00 bits per heavy atom. The second-order valence-corrected chi connectivity index (χ2v) is 7.31. The number of piperazine rings is 1. The number of nitrogens with zero attached hydrogens (tertiary/aromatic N) is 3. The van der Waals surface area contributed by atoms with Crippen molar-refractivity contribution in [1.29, 1.82) is 0 Å². The lowest BCUT2D eigenvalue weighted by Crippen LogP contribution is -2.49. The summed E-state index contributed by atoms with van der Waals surface area (Å²) in [6, 6.07) is 12.8. The fraction of sp³-hybridized carbons (Fsp3) is 0.435. The lowest BCUT2D eigenvalue weighted by molar-refractivity contribution is -0.130. The molecule has 0 bridgehead atoms. The van der Waals surface area contributed by atoms with Crippen molar-refractivity contribution in [2.45, 2.75) is 27.2 Å². The Balaban J connectivity index is 1.59. The molecule has 0 unspecified atom stereocenters. The lowest BCUT2D eigenvalue weighted by Gasteiger charge is -2.37. The van der Waals surface area contributed by atoms with Gasteiger partial charge in [-0.1, -0.05) is 12.1 Å². The molecule has 2 aromatic rings. The summed E-state index contributed by atoms with van der Waals surface area (Å²) in [5.74, 6) is -0.160. The molecule has 4 nitrogen and oxygen atoms in total. The maximum Gasteiger partial charge on any atom is 0.227 e. The van der Waals surface area contributed by atoms with Crippen LogP contribution in [-0.2, 0) is 11.2 Å². The van der Waals surface area contributed by atoms with Crippen molar-refractivity contribution < 1.29 is 9.18 Å². The molecule has 2 aromatic carbocycles. The van der Waals surface area contributed by atoms with Crippen LogP contribution in [0.25, 0.3) is 0 Å². The van der Waals surface area contributed by atoms with Crippen LogP contribution in [0.3, 0.4) is 0 Å². The number of benzene rings is 2. The third kappa shape index (κ3) is 4.64. The van der Waals surface area contributed by atoms with E-state index in [1.54, 1.807) is 12.1 Å². The average molecular weight is 384 g/mol. The van der Waals surface area contributed by atoms with E-state index in [-0.39, 0.29) is 11.7 Å². The molecule has 1 saturated heterocycles. The van der Waals surface area contributed by atoms with Gasteiger partial charge in [-0.25, -0.2) is 4.39 Å². The highest BCUT2D eigenvalue weighted by molar-refractivity contribution is 5.79. The van der Waals surface area contributed by atoms with Crippen LogP contribution < -0.4 is 9.80 Å². The van der Waals surface area contributed by atoms with Crippen molar-refractivity contribution in [2.75, 3.05) is 49.1 Å². The molecule has 150 valence electrons. The highest BCUT2D eigenvalue weighted by Gasteiger charge is 2.22. The number of halogens is 1.